The molecule has 0 saturated heterocycles. The van der Waals surface area contributed by atoms with E-state index < -0.39 is 0 Å². The lowest BCUT2D eigenvalue weighted by molar-refractivity contribution is 0.578. The molecule has 0 aromatic carbocycles. The van der Waals surface area contributed by atoms with E-state index in [1.807, 2.05) is 0 Å². The molecular weight excluding hydrogens is 148 g/mol. The normalized spacial score (nSPS) is 29.3. The van der Waals surface area contributed by atoms with E-state index in [2.05, 4.69) is 22.7 Å². The second kappa shape index (κ2) is 3.74. The minimum Gasteiger partial charge on any atom is -0.391 e. The molecule has 2 aliphatic rings. The first-order chi connectivity index (χ1) is 5.97. The van der Waals surface area contributed by atoms with Gasteiger partial charge in [-0.15, -0.1) is 0 Å². The monoisotopic (exact) mass is 164 g/mol. The maximum absolute atomic E-state index is 4.52. The number of hydrogen-bond donors (Lipinski definition) is 1. The van der Waals surface area contributed by atoms with Crippen LogP contribution in [0.2, 0.25) is 0 Å². The average molecular weight is 164 g/mol. The predicted molar refractivity (Wildman–Crippen MR) is 51.5 cm³/mol. The summed E-state index contributed by atoms with van der Waals surface area (Å²) in [6, 6.07) is 0.506. The third-order valence-electron chi connectivity index (χ3n) is 2.60. The van der Waals surface area contributed by atoms with Gasteiger partial charge in [0.2, 0.25) is 0 Å². The Balaban J connectivity index is 2.01. The highest BCUT2D eigenvalue weighted by Crippen LogP contribution is 2.22. The van der Waals surface area contributed by atoms with Gasteiger partial charge >= 0.3 is 0 Å². The summed E-state index contributed by atoms with van der Waals surface area (Å²) in [7, 11) is 0. The molecule has 0 aliphatic carbocycles. The Morgan fingerprint density at radius 3 is 3.08 bits per heavy atom. The van der Waals surface area contributed by atoms with Crippen LogP contribution >= 0.6 is 0 Å². The van der Waals surface area contributed by atoms with Crippen LogP contribution in [0.4, 0.5) is 0 Å². The van der Waals surface area contributed by atoms with Crippen molar-refractivity contribution in [3.8, 4) is 0 Å². The van der Waals surface area contributed by atoms with Gasteiger partial charge in [-0.1, -0.05) is 0 Å². The van der Waals surface area contributed by atoms with Gasteiger partial charge in [-0.25, -0.2) is 0 Å². The molecule has 0 fully saturated rings. The van der Waals surface area contributed by atoms with Gasteiger partial charge in [0.1, 0.15) is 0 Å². The molecular formula is C10H16N2. The standard InChI is InChI=1S/C10H16N2/c1-2-7-12-10(5-1)9-4-3-6-11-8-9/h7-8,10-11H,1-6H2. The minimum absolute atomic E-state index is 0.506. The van der Waals surface area contributed by atoms with Crippen LogP contribution in [0, 0.1) is 0 Å². The van der Waals surface area contributed by atoms with Crippen molar-refractivity contribution in [1.29, 1.82) is 0 Å². The Hall–Kier alpha value is -0.790. The van der Waals surface area contributed by atoms with Crippen LogP contribution in [0.5, 0.6) is 0 Å². The fourth-order valence-corrected chi connectivity index (χ4v) is 1.89. The summed E-state index contributed by atoms with van der Waals surface area (Å²) < 4.78 is 0. The summed E-state index contributed by atoms with van der Waals surface area (Å²) in [6.07, 6.45) is 10.5. The summed E-state index contributed by atoms with van der Waals surface area (Å²) in [4.78, 5) is 4.52. The highest BCUT2D eigenvalue weighted by Gasteiger charge is 2.15. The molecule has 0 spiro atoms. The Morgan fingerprint density at radius 2 is 2.42 bits per heavy atom. The molecule has 0 aromatic heterocycles. The Labute approximate surface area is 73.8 Å². The summed E-state index contributed by atoms with van der Waals surface area (Å²) in [5.41, 5.74) is 1.51. The molecule has 0 radical (unpaired) electrons. The van der Waals surface area contributed by atoms with Crippen LogP contribution in [0.15, 0.2) is 16.8 Å². The smallest absolute Gasteiger partial charge is 0.0722 e. The van der Waals surface area contributed by atoms with Crippen LogP contribution < -0.4 is 5.32 Å². The first kappa shape index (κ1) is 7.84. The number of rotatable bonds is 1. The van der Waals surface area contributed by atoms with E-state index in [1.165, 1.54) is 37.7 Å². The third kappa shape index (κ3) is 1.68. The average Bonchev–Trinajstić information content (AvgIpc) is 2.21. The van der Waals surface area contributed by atoms with Crippen molar-refractivity contribution in [2.45, 2.75) is 38.1 Å². The number of hydrogen-bond acceptors (Lipinski definition) is 2. The van der Waals surface area contributed by atoms with Gasteiger partial charge < -0.3 is 5.32 Å². The fourth-order valence-electron chi connectivity index (χ4n) is 1.89. The highest BCUT2D eigenvalue weighted by atomic mass is 14.9. The van der Waals surface area contributed by atoms with Gasteiger partial charge in [0.15, 0.2) is 0 Å². The minimum atomic E-state index is 0.506. The third-order valence-corrected chi connectivity index (χ3v) is 2.60. The molecule has 1 atom stereocenters. The van der Waals surface area contributed by atoms with Crippen molar-refractivity contribution in [1.82, 2.24) is 5.32 Å². The number of aliphatic imine (C=N–C) groups is 1. The summed E-state index contributed by atoms with van der Waals surface area (Å²) in [5.74, 6) is 0. The molecule has 0 saturated carbocycles. The lowest BCUT2D eigenvalue weighted by Crippen LogP contribution is -2.21. The lowest BCUT2D eigenvalue weighted by Gasteiger charge is -2.22. The first-order valence-electron chi connectivity index (χ1n) is 4.91. The zero-order chi connectivity index (χ0) is 8.23. The molecule has 0 aromatic rings. The Morgan fingerprint density at radius 1 is 1.42 bits per heavy atom. The van der Waals surface area contributed by atoms with Gasteiger partial charge in [-0.05, 0) is 50.1 Å². The summed E-state index contributed by atoms with van der Waals surface area (Å²) in [5, 5.41) is 3.30. The SMILES string of the molecule is C1=NC(C2=CNCCC2)CCC1. The van der Waals surface area contributed by atoms with Crippen molar-refractivity contribution in [2.75, 3.05) is 6.54 Å². The second-order valence-corrected chi connectivity index (χ2v) is 3.56. The van der Waals surface area contributed by atoms with E-state index in [0.29, 0.717) is 6.04 Å². The molecule has 1 unspecified atom stereocenters. The maximum Gasteiger partial charge on any atom is 0.0722 e. The Kier molecular flexibility index (Phi) is 2.45. The maximum atomic E-state index is 4.52. The molecule has 2 heteroatoms. The van der Waals surface area contributed by atoms with Crippen molar-refractivity contribution >= 4 is 6.21 Å². The van der Waals surface area contributed by atoms with Crippen LogP contribution in [-0.4, -0.2) is 18.8 Å². The lowest BCUT2D eigenvalue weighted by atomic mass is 9.95. The molecule has 0 bridgehead atoms. The van der Waals surface area contributed by atoms with Crippen molar-refractivity contribution in [3.05, 3.63) is 11.8 Å². The predicted octanol–water partition coefficient (Wildman–Crippen LogP) is 1.88. The fraction of sp³-hybridized carbons (Fsp3) is 0.700. The highest BCUT2D eigenvalue weighted by molar-refractivity contribution is 5.58. The zero-order valence-electron chi connectivity index (χ0n) is 7.42. The largest absolute Gasteiger partial charge is 0.391 e. The molecule has 2 aliphatic heterocycles. The van der Waals surface area contributed by atoms with Gasteiger partial charge in [-0.2, -0.15) is 0 Å². The molecule has 12 heavy (non-hydrogen) atoms. The Bertz CT molecular complexity index is 206. The zero-order valence-corrected chi connectivity index (χ0v) is 7.42. The van der Waals surface area contributed by atoms with E-state index in [-0.39, 0.29) is 0 Å². The van der Waals surface area contributed by atoms with E-state index in [9.17, 15) is 0 Å². The van der Waals surface area contributed by atoms with Crippen molar-refractivity contribution in [3.63, 3.8) is 0 Å². The van der Waals surface area contributed by atoms with Crippen LogP contribution in [0.25, 0.3) is 0 Å². The van der Waals surface area contributed by atoms with E-state index in [4.69, 9.17) is 0 Å². The van der Waals surface area contributed by atoms with Gasteiger partial charge in [0.05, 0.1) is 6.04 Å². The van der Waals surface area contributed by atoms with Crippen molar-refractivity contribution < 1.29 is 0 Å². The molecule has 66 valence electrons. The molecule has 1 N–H and O–H groups in total. The molecule has 2 heterocycles. The summed E-state index contributed by atoms with van der Waals surface area (Å²) in [6.45, 7) is 1.14. The number of nitrogens with one attached hydrogen (secondary N) is 1. The molecule has 0 amide bonds. The van der Waals surface area contributed by atoms with E-state index >= 15 is 0 Å². The van der Waals surface area contributed by atoms with E-state index in [1.54, 1.807) is 0 Å². The van der Waals surface area contributed by atoms with Gasteiger partial charge in [-0.3, -0.25) is 4.99 Å². The van der Waals surface area contributed by atoms with Crippen LogP contribution in [-0.2, 0) is 0 Å². The van der Waals surface area contributed by atoms with E-state index in [0.717, 1.165) is 6.54 Å². The molecule has 2 nitrogen and oxygen atoms in total. The van der Waals surface area contributed by atoms with Crippen LogP contribution in [0.3, 0.4) is 0 Å². The molecule has 2 rings (SSSR count). The van der Waals surface area contributed by atoms with Crippen molar-refractivity contribution in [2.24, 2.45) is 4.99 Å². The quantitative estimate of drug-likeness (QED) is 0.628. The summed E-state index contributed by atoms with van der Waals surface area (Å²) >= 11 is 0. The topological polar surface area (TPSA) is 24.4 Å². The van der Waals surface area contributed by atoms with Gasteiger partial charge in [0.25, 0.3) is 0 Å². The number of nitrogens with zero attached hydrogens (tertiary/aromatic N) is 1. The second-order valence-electron chi connectivity index (χ2n) is 3.56. The van der Waals surface area contributed by atoms with Crippen LogP contribution in [0.1, 0.15) is 32.1 Å². The first-order valence-corrected chi connectivity index (χ1v) is 4.91. The van der Waals surface area contributed by atoms with Gasteiger partial charge in [0, 0.05) is 6.54 Å².